The number of anilines is 1. The minimum Gasteiger partial charge on any atom is -0.464 e. The van der Waals surface area contributed by atoms with Crippen LogP contribution in [-0.2, 0) is 17.8 Å². The van der Waals surface area contributed by atoms with Gasteiger partial charge in [-0.1, -0.05) is 24.3 Å². The van der Waals surface area contributed by atoms with E-state index in [2.05, 4.69) is 23.3 Å². The second kappa shape index (κ2) is 8.78. The lowest BCUT2D eigenvalue weighted by Crippen LogP contribution is -2.14. The summed E-state index contributed by atoms with van der Waals surface area (Å²) in [7, 11) is 0. The van der Waals surface area contributed by atoms with Crippen molar-refractivity contribution in [3.05, 3.63) is 70.3 Å². The van der Waals surface area contributed by atoms with Crippen LogP contribution in [0.1, 0.15) is 22.3 Å². The molecule has 0 unspecified atom stereocenters. The van der Waals surface area contributed by atoms with E-state index in [9.17, 15) is 4.79 Å². The zero-order valence-corrected chi connectivity index (χ0v) is 17.8. The van der Waals surface area contributed by atoms with Crippen LogP contribution in [0.3, 0.4) is 0 Å². The summed E-state index contributed by atoms with van der Waals surface area (Å²) in [6, 6.07) is 12.0. The number of aryl methyl sites for hydroxylation is 2. The summed E-state index contributed by atoms with van der Waals surface area (Å²) >= 11 is 1.41. The molecule has 0 saturated heterocycles. The van der Waals surface area contributed by atoms with Gasteiger partial charge in [-0.25, -0.2) is 4.98 Å². The van der Waals surface area contributed by atoms with Gasteiger partial charge in [-0.3, -0.25) is 4.79 Å². The molecular formula is C22H22ClN3O2S. The molecule has 0 aliphatic carbocycles. The van der Waals surface area contributed by atoms with Crippen LogP contribution >= 0.6 is 23.7 Å². The number of hydrogen-bond donors (Lipinski definition) is 2. The van der Waals surface area contributed by atoms with Crippen molar-refractivity contribution in [3.8, 4) is 11.3 Å². The molecule has 0 aliphatic heterocycles. The van der Waals surface area contributed by atoms with Crippen LogP contribution in [-0.4, -0.2) is 10.9 Å². The quantitative estimate of drug-likeness (QED) is 0.456. The third-order valence-electron chi connectivity index (χ3n) is 4.86. The summed E-state index contributed by atoms with van der Waals surface area (Å²) in [5.74, 6) is -0.111. The van der Waals surface area contributed by atoms with Gasteiger partial charge in [0.05, 0.1) is 18.4 Å². The van der Waals surface area contributed by atoms with Crippen molar-refractivity contribution >= 4 is 45.8 Å². The first-order valence-corrected chi connectivity index (χ1v) is 9.93. The first-order valence-electron chi connectivity index (χ1n) is 9.05. The van der Waals surface area contributed by atoms with E-state index in [0.29, 0.717) is 11.7 Å². The molecule has 0 radical (unpaired) electrons. The molecule has 0 saturated carbocycles. The van der Waals surface area contributed by atoms with Gasteiger partial charge in [0.25, 0.3) is 0 Å². The maximum atomic E-state index is 12.5. The highest BCUT2D eigenvalue weighted by atomic mass is 35.5. The number of nitrogens with two attached hydrogens (primary N) is 1. The molecule has 0 spiro atoms. The number of nitrogens with zero attached hydrogens (tertiary/aromatic N) is 1. The lowest BCUT2D eigenvalue weighted by molar-refractivity contribution is -0.115. The maximum absolute atomic E-state index is 12.5. The van der Waals surface area contributed by atoms with Crippen LogP contribution in [0.5, 0.6) is 0 Å². The smallest absolute Gasteiger partial charge is 0.230 e. The number of aromatic nitrogens is 1. The number of hydrogen-bond acceptors (Lipinski definition) is 5. The van der Waals surface area contributed by atoms with E-state index in [-0.39, 0.29) is 24.7 Å². The van der Waals surface area contributed by atoms with Gasteiger partial charge in [0.2, 0.25) is 5.91 Å². The van der Waals surface area contributed by atoms with Gasteiger partial charge in [-0.05, 0) is 42.7 Å². The Hall–Kier alpha value is -2.67. The Morgan fingerprint density at radius 3 is 2.62 bits per heavy atom. The summed E-state index contributed by atoms with van der Waals surface area (Å²) in [4.78, 5) is 17.0. The van der Waals surface area contributed by atoms with Gasteiger partial charge in [0.1, 0.15) is 5.58 Å². The molecule has 150 valence electrons. The lowest BCUT2D eigenvalue weighted by atomic mass is 10.0. The molecule has 29 heavy (non-hydrogen) atoms. The maximum Gasteiger partial charge on any atom is 0.230 e. The fraction of sp³-hybridized carbons (Fsp3) is 0.182. The molecule has 2 heterocycles. The standard InChI is InChI=1S/C22H21N3O2S.ClH/c1-13-7-18-17(11-27-20(18)8-14(13)2)9-21(26)25-22-24-19(12-28-22)16-5-3-15(10-23)4-6-16;/h3-8,11-12H,9-10,23H2,1-2H3,(H,24,25,26);1H. The highest BCUT2D eigenvalue weighted by Gasteiger charge is 2.13. The number of amides is 1. The van der Waals surface area contributed by atoms with Crippen LogP contribution in [0.4, 0.5) is 5.13 Å². The summed E-state index contributed by atoms with van der Waals surface area (Å²) in [6.07, 6.45) is 1.91. The molecule has 3 N–H and O–H groups in total. The van der Waals surface area contributed by atoms with Crippen molar-refractivity contribution in [2.45, 2.75) is 26.8 Å². The van der Waals surface area contributed by atoms with E-state index >= 15 is 0 Å². The normalized spacial score (nSPS) is 10.7. The zero-order chi connectivity index (χ0) is 19.7. The molecule has 7 heteroatoms. The molecule has 2 aromatic carbocycles. The van der Waals surface area contributed by atoms with Crippen LogP contribution in [0.15, 0.2) is 52.5 Å². The van der Waals surface area contributed by atoms with Crippen molar-refractivity contribution in [1.82, 2.24) is 4.98 Å². The van der Waals surface area contributed by atoms with Gasteiger partial charge in [0.15, 0.2) is 5.13 Å². The molecule has 5 nitrogen and oxygen atoms in total. The predicted molar refractivity (Wildman–Crippen MR) is 121 cm³/mol. The number of carbonyl (C=O) groups is 1. The Balaban J connectivity index is 0.00000240. The Bertz CT molecular complexity index is 1150. The van der Waals surface area contributed by atoms with Crippen LogP contribution in [0.25, 0.3) is 22.2 Å². The number of carbonyl (C=O) groups excluding carboxylic acids is 1. The average molecular weight is 428 g/mol. The third kappa shape index (κ3) is 4.50. The summed E-state index contributed by atoms with van der Waals surface area (Å²) < 4.78 is 5.61. The van der Waals surface area contributed by atoms with E-state index < -0.39 is 0 Å². The zero-order valence-electron chi connectivity index (χ0n) is 16.2. The van der Waals surface area contributed by atoms with Gasteiger partial charge >= 0.3 is 0 Å². The Labute approximate surface area is 179 Å². The molecule has 1 amide bonds. The van der Waals surface area contributed by atoms with E-state index in [4.69, 9.17) is 10.2 Å². The summed E-state index contributed by atoms with van der Waals surface area (Å²) in [5.41, 5.74) is 12.6. The van der Waals surface area contributed by atoms with E-state index in [1.807, 2.05) is 42.6 Å². The van der Waals surface area contributed by atoms with E-state index in [1.165, 1.54) is 22.5 Å². The highest BCUT2D eigenvalue weighted by molar-refractivity contribution is 7.14. The van der Waals surface area contributed by atoms with Crippen LogP contribution in [0.2, 0.25) is 0 Å². The first-order chi connectivity index (χ1) is 13.5. The largest absolute Gasteiger partial charge is 0.464 e. The highest BCUT2D eigenvalue weighted by Crippen LogP contribution is 2.27. The molecule has 2 aromatic heterocycles. The topological polar surface area (TPSA) is 81.2 Å². The minimum atomic E-state index is -0.111. The van der Waals surface area contributed by atoms with Crippen molar-refractivity contribution in [2.75, 3.05) is 5.32 Å². The predicted octanol–water partition coefficient (Wildman–Crippen LogP) is 5.23. The number of nitrogens with one attached hydrogen (secondary N) is 1. The summed E-state index contributed by atoms with van der Waals surface area (Å²) in [5, 5.41) is 6.40. The molecular weight excluding hydrogens is 406 g/mol. The fourth-order valence-electron chi connectivity index (χ4n) is 3.08. The van der Waals surface area contributed by atoms with Crippen molar-refractivity contribution in [3.63, 3.8) is 0 Å². The number of halogens is 1. The Morgan fingerprint density at radius 2 is 1.90 bits per heavy atom. The van der Waals surface area contributed by atoms with Gasteiger partial charge in [-0.15, -0.1) is 23.7 Å². The summed E-state index contributed by atoms with van der Waals surface area (Å²) in [6.45, 7) is 4.62. The second-order valence-corrected chi connectivity index (χ2v) is 7.72. The fourth-order valence-corrected chi connectivity index (χ4v) is 3.82. The van der Waals surface area contributed by atoms with Crippen molar-refractivity contribution in [2.24, 2.45) is 5.73 Å². The third-order valence-corrected chi connectivity index (χ3v) is 5.61. The number of thiazole rings is 1. The van der Waals surface area contributed by atoms with Gasteiger partial charge < -0.3 is 15.5 Å². The Kier molecular flexibility index (Phi) is 6.37. The number of rotatable bonds is 5. The van der Waals surface area contributed by atoms with Crippen molar-refractivity contribution < 1.29 is 9.21 Å². The molecule has 0 atom stereocenters. The minimum absolute atomic E-state index is 0. The number of furan rings is 1. The van der Waals surface area contributed by atoms with Gasteiger partial charge in [-0.2, -0.15) is 0 Å². The first kappa shape index (κ1) is 21.0. The monoisotopic (exact) mass is 427 g/mol. The van der Waals surface area contributed by atoms with Gasteiger partial charge in [0, 0.05) is 28.4 Å². The Morgan fingerprint density at radius 1 is 1.17 bits per heavy atom. The number of benzene rings is 2. The molecule has 0 fully saturated rings. The van der Waals surface area contributed by atoms with E-state index in [1.54, 1.807) is 6.26 Å². The lowest BCUT2D eigenvalue weighted by Gasteiger charge is -2.02. The average Bonchev–Trinajstić information content (AvgIpc) is 3.30. The molecule has 4 rings (SSSR count). The molecule has 4 aromatic rings. The van der Waals surface area contributed by atoms with Crippen molar-refractivity contribution in [1.29, 1.82) is 0 Å². The van der Waals surface area contributed by atoms with E-state index in [0.717, 1.165) is 33.4 Å². The van der Waals surface area contributed by atoms with Crippen LogP contribution < -0.4 is 11.1 Å². The number of fused-ring (bicyclic) bond motifs is 1. The molecule has 0 aliphatic rings. The SMILES string of the molecule is Cc1cc2occ(CC(=O)Nc3nc(-c4ccc(CN)cc4)cs3)c2cc1C.Cl. The second-order valence-electron chi connectivity index (χ2n) is 6.86. The van der Waals surface area contributed by atoms with Crippen LogP contribution in [0, 0.1) is 13.8 Å². The molecule has 0 bridgehead atoms.